The van der Waals surface area contributed by atoms with Crippen molar-refractivity contribution in [3.05, 3.63) is 41.0 Å². The van der Waals surface area contributed by atoms with Crippen LogP contribution in [0.4, 0.5) is 0 Å². The second kappa shape index (κ2) is 5.45. The Labute approximate surface area is 118 Å². The maximum Gasteiger partial charge on any atom is 0.0747 e. The van der Waals surface area contributed by atoms with Crippen LogP contribution in [0.25, 0.3) is 10.9 Å². The van der Waals surface area contributed by atoms with Gasteiger partial charge in [0.2, 0.25) is 0 Å². The third-order valence-electron chi connectivity index (χ3n) is 2.85. The minimum atomic E-state index is -0.712. The van der Waals surface area contributed by atoms with E-state index in [9.17, 15) is 5.11 Å². The first-order chi connectivity index (χ1) is 8.85. The van der Waals surface area contributed by atoms with Gasteiger partial charge >= 0.3 is 0 Å². The first-order valence-electron chi connectivity index (χ1n) is 6.29. The van der Waals surface area contributed by atoms with Crippen LogP contribution in [0.5, 0.6) is 0 Å². The van der Waals surface area contributed by atoms with Crippen LogP contribution in [0.15, 0.2) is 30.5 Å². The molecule has 0 radical (unpaired) electrons. The fraction of sp³-hybridized carbons (Fsp3) is 0.400. The second-order valence-electron chi connectivity index (χ2n) is 5.62. The molecule has 2 rings (SSSR count). The van der Waals surface area contributed by atoms with Gasteiger partial charge in [0.05, 0.1) is 11.1 Å². The van der Waals surface area contributed by atoms with Gasteiger partial charge in [0.15, 0.2) is 0 Å². The van der Waals surface area contributed by atoms with E-state index in [-0.39, 0.29) is 0 Å². The molecule has 1 N–H and O–H groups in total. The number of nitrogens with zero attached hydrogens (tertiary/aromatic N) is 2. The molecule has 0 atom stereocenters. The van der Waals surface area contributed by atoms with Crippen LogP contribution in [-0.4, -0.2) is 34.2 Å². The molecule has 1 aromatic heterocycles. The van der Waals surface area contributed by atoms with Gasteiger partial charge in [-0.15, -0.1) is 0 Å². The Morgan fingerprint density at radius 2 is 2.11 bits per heavy atom. The molecule has 1 aromatic carbocycles. The number of fused-ring (bicyclic) bond motifs is 1. The lowest BCUT2D eigenvalue weighted by atomic mass is 10.1. The van der Waals surface area contributed by atoms with Crippen molar-refractivity contribution >= 4 is 22.5 Å². The Balaban J connectivity index is 2.29. The Kier molecular flexibility index (Phi) is 4.09. The van der Waals surface area contributed by atoms with E-state index in [1.807, 2.05) is 31.3 Å². The molecule has 0 aliphatic rings. The van der Waals surface area contributed by atoms with E-state index in [0.717, 1.165) is 16.5 Å². The highest BCUT2D eigenvalue weighted by molar-refractivity contribution is 6.31. The van der Waals surface area contributed by atoms with E-state index < -0.39 is 5.60 Å². The van der Waals surface area contributed by atoms with Crippen LogP contribution in [0.1, 0.15) is 19.4 Å². The molecule has 1 heterocycles. The van der Waals surface area contributed by atoms with Crippen LogP contribution in [-0.2, 0) is 6.54 Å². The van der Waals surface area contributed by atoms with E-state index >= 15 is 0 Å². The average Bonchev–Trinajstić information content (AvgIpc) is 2.25. The molecule has 3 nitrogen and oxygen atoms in total. The van der Waals surface area contributed by atoms with Crippen molar-refractivity contribution in [1.82, 2.24) is 9.88 Å². The SMILES string of the molecule is CN(Cc1cc(Cl)cc2cccnc12)CC(C)(C)O. The molecular formula is C15H19ClN2O. The summed E-state index contributed by atoms with van der Waals surface area (Å²) in [5, 5.41) is 11.6. The lowest BCUT2D eigenvalue weighted by Crippen LogP contribution is -2.35. The average molecular weight is 279 g/mol. The van der Waals surface area contributed by atoms with Crippen LogP contribution < -0.4 is 0 Å². The van der Waals surface area contributed by atoms with Gasteiger partial charge in [0.1, 0.15) is 0 Å². The summed E-state index contributed by atoms with van der Waals surface area (Å²) in [5.41, 5.74) is 1.33. The monoisotopic (exact) mass is 278 g/mol. The number of aliphatic hydroxyl groups is 1. The van der Waals surface area contributed by atoms with Gasteiger partial charge < -0.3 is 5.11 Å². The number of likely N-dealkylation sites (N-methyl/N-ethyl adjacent to an activating group) is 1. The zero-order valence-electron chi connectivity index (χ0n) is 11.5. The Hall–Kier alpha value is -1.16. The summed E-state index contributed by atoms with van der Waals surface area (Å²) >= 11 is 6.14. The highest BCUT2D eigenvalue weighted by Gasteiger charge is 2.16. The summed E-state index contributed by atoms with van der Waals surface area (Å²) in [6, 6.07) is 7.78. The zero-order chi connectivity index (χ0) is 14.0. The van der Waals surface area contributed by atoms with E-state index in [0.29, 0.717) is 18.1 Å². The van der Waals surface area contributed by atoms with Gasteiger partial charge in [-0.1, -0.05) is 17.7 Å². The molecule has 0 amide bonds. The molecular weight excluding hydrogens is 260 g/mol. The summed E-state index contributed by atoms with van der Waals surface area (Å²) in [4.78, 5) is 6.49. The number of hydrogen-bond donors (Lipinski definition) is 1. The molecule has 0 aliphatic heterocycles. The zero-order valence-corrected chi connectivity index (χ0v) is 12.3. The number of rotatable bonds is 4. The van der Waals surface area contributed by atoms with E-state index in [4.69, 9.17) is 11.6 Å². The molecule has 102 valence electrons. The normalized spacial score (nSPS) is 12.3. The minimum absolute atomic E-state index is 0.591. The van der Waals surface area contributed by atoms with E-state index in [1.165, 1.54) is 0 Å². The van der Waals surface area contributed by atoms with Crippen LogP contribution in [0.3, 0.4) is 0 Å². The van der Waals surface area contributed by atoms with Crippen molar-refractivity contribution in [3.8, 4) is 0 Å². The van der Waals surface area contributed by atoms with Crippen molar-refractivity contribution in [2.24, 2.45) is 0 Å². The molecule has 0 saturated heterocycles. The molecule has 0 saturated carbocycles. The number of halogens is 1. The fourth-order valence-electron chi connectivity index (χ4n) is 2.36. The highest BCUT2D eigenvalue weighted by Crippen LogP contribution is 2.23. The lowest BCUT2D eigenvalue weighted by Gasteiger charge is -2.25. The second-order valence-corrected chi connectivity index (χ2v) is 6.06. The molecule has 2 aromatic rings. The molecule has 0 bridgehead atoms. The van der Waals surface area contributed by atoms with Crippen molar-refractivity contribution in [1.29, 1.82) is 0 Å². The maximum absolute atomic E-state index is 9.85. The molecule has 4 heteroatoms. The van der Waals surface area contributed by atoms with Gasteiger partial charge in [-0.25, -0.2) is 0 Å². The molecule has 0 fully saturated rings. The highest BCUT2D eigenvalue weighted by atomic mass is 35.5. The number of benzene rings is 1. The van der Waals surface area contributed by atoms with Gasteiger partial charge in [0.25, 0.3) is 0 Å². The minimum Gasteiger partial charge on any atom is -0.389 e. The number of aromatic nitrogens is 1. The molecule has 19 heavy (non-hydrogen) atoms. The maximum atomic E-state index is 9.85. The fourth-order valence-corrected chi connectivity index (χ4v) is 2.60. The van der Waals surface area contributed by atoms with Crippen molar-refractivity contribution in [3.63, 3.8) is 0 Å². The van der Waals surface area contributed by atoms with Gasteiger partial charge in [-0.3, -0.25) is 9.88 Å². The van der Waals surface area contributed by atoms with Crippen molar-refractivity contribution in [2.75, 3.05) is 13.6 Å². The predicted molar refractivity (Wildman–Crippen MR) is 79.4 cm³/mol. The topological polar surface area (TPSA) is 36.4 Å². The quantitative estimate of drug-likeness (QED) is 0.934. The van der Waals surface area contributed by atoms with Gasteiger partial charge in [-0.05, 0) is 44.7 Å². The third kappa shape index (κ3) is 3.90. The predicted octanol–water partition coefficient (Wildman–Crippen LogP) is 3.09. The van der Waals surface area contributed by atoms with Gasteiger partial charge in [-0.2, -0.15) is 0 Å². The number of hydrogen-bond acceptors (Lipinski definition) is 3. The summed E-state index contributed by atoms with van der Waals surface area (Å²) in [7, 11) is 1.98. The Morgan fingerprint density at radius 1 is 1.37 bits per heavy atom. The van der Waals surface area contributed by atoms with Gasteiger partial charge in [0, 0.05) is 29.7 Å². The van der Waals surface area contributed by atoms with E-state index in [2.05, 4.69) is 9.88 Å². The van der Waals surface area contributed by atoms with Crippen LogP contribution in [0.2, 0.25) is 5.02 Å². The first kappa shape index (κ1) is 14.3. The molecule has 0 unspecified atom stereocenters. The standard InChI is InChI=1S/C15H19ClN2O/c1-15(2,19)10-18(3)9-12-8-13(16)7-11-5-4-6-17-14(11)12/h4-8,19H,9-10H2,1-3H3. The first-order valence-corrected chi connectivity index (χ1v) is 6.67. The lowest BCUT2D eigenvalue weighted by molar-refractivity contribution is 0.0426. The summed E-state index contributed by atoms with van der Waals surface area (Å²) < 4.78 is 0. The molecule has 0 spiro atoms. The van der Waals surface area contributed by atoms with Crippen molar-refractivity contribution < 1.29 is 5.11 Å². The smallest absolute Gasteiger partial charge is 0.0747 e. The summed E-state index contributed by atoms with van der Waals surface area (Å²) in [6.07, 6.45) is 1.79. The van der Waals surface area contributed by atoms with E-state index in [1.54, 1.807) is 20.0 Å². The molecule has 0 aliphatic carbocycles. The summed E-state index contributed by atoms with van der Waals surface area (Å²) in [6.45, 7) is 4.90. The van der Waals surface area contributed by atoms with Crippen molar-refractivity contribution in [2.45, 2.75) is 26.0 Å². The Bertz CT molecular complexity index is 578. The Morgan fingerprint density at radius 3 is 2.79 bits per heavy atom. The third-order valence-corrected chi connectivity index (χ3v) is 3.06. The van der Waals surface area contributed by atoms with Crippen LogP contribution >= 0.6 is 11.6 Å². The largest absolute Gasteiger partial charge is 0.389 e. The number of pyridine rings is 1. The summed E-state index contributed by atoms with van der Waals surface area (Å²) in [5.74, 6) is 0. The van der Waals surface area contributed by atoms with Crippen LogP contribution in [0, 0.1) is 0 Å².